The van der Waals surface area contributed by atoms with Gasteiger partial charge in [-0.25, -0.2) is 0 Å². The number of benzene rings is 2. The fraction of sp³-hybridized carbons (Fsp3) is 0.500. The first-order valence-electron chi connectivity index (χ1n) is 11.0. The molecule has 1 saturated carbocycles. The average molecular weight is 394 g/mol. The predicted octanol–water partition coefficient (Wildman–Crippen LogP) is 5.97. The van der Waals surface area contributed by atoms with Gasteiger partial charge in [0.1, 0.15) is 0 Å². The van der Waals surface area contributed by atoms with Crippen molar-refractivity contribution < 1.29 is 0 Å². The predicted molar refractivity (Wildman–Crippen MR) is 125 cm³/mol. The van der Waals surface area contributed by atoms with Crippen LogP contribution >= 0.6 is 0 Å². The highest BCUT2D eigenvalue weighted by Gasteiger charge is 2.17. The maximum Gasteiger partial charge on any atom is 0.0994 e. The van der Waals surface area contributed by atoms with Gasteiger partial charge in [-0.1, -0.05) is 63.2 Å². The van der Waals surface area contributed by atoms with Crippen molar-refractivity contribution in [3.8, 4) is 6.07 Å². The van der Waals surface area contributed by atoms with Gasteiger partial charge in [-0.15, -0.1) is 0 Å². The Labute approximate surface area is 178 Å². The molecule has 0 heterocycles. The molecule has 3 heteroatoms. The molecule has 0 aromatic heterocycles. The van der Waals surface area contributed by atoms with E-state index in [1.165, 1.54) is 36.8 Å². The van der Waals surface area contributed by atoms with Crippen LogP contribution in [0.5, 0.6) is 0 Å². The van der Waals surface area contributed by atoms with Crippen molar-refractivity contribution in [2.24, 2.45) is 5.92 Å². The maximum absolute atomic E-state index is 8.67. The summed E-state index contributed by atoms with van der Waals surface area (Å²) in [4.78, 5) is 0. The third-order valence-corrected chi connectivity index (χ3v) is 5.25. The van der Waals surface area contributed by atoms with Crippen LogP contribution < -0.4 is 10.6 Å². The van der Waals surface area contributed by atoms with Crippen molar-refractivity contribution in [1.82, 2.24) is 10.6 Å². The number of nitriles is 1. The Kier molecular flexibility index (Phi) is 12.7. The molecule has 158 valence electrons. The van der Waals surface area contributed by atoms with Gasteiger partial charge < -0.3 is 10.6 Å². The average Bonchev–Trinajstić information content (AvgIpc) is 2.76. The van der Waals surface area contributed by atoms with Gasteiger partial charge >= 0.3 is 0 Å². The summed E-state index contributed by atoms with van der Waals surface area (Å²) in [5, 5.41) is 15.4. The third-order valence-electron chi connectivity index (χ3n) is 5.25. The molecule has 2 N–H and O–H groups in total. The van der Waals surface area contributed by atoms with E-state index < -0.39 is 0 Å². The fourth-order valence-corrected chi connectivity index (χ4v) is 3.49. The molecule has 0 saturated heterocycles. The van der Waals surface area contributed by atoms with E-state index in [0.29, 0.717) is 0 Å². The zero-order chi connectivity index (χ0) is 21.5. The molecular weight excluding hydrogens is 354 g/mol. The van der Waals surface area contributed by atoms with E-state index in [1.54, 1.807) is 0 Å². The summed E-state index contributed by atoms with van der Waals surface area (Å²) in [6.45, 7) is 10.2. The highest BCUT2D eigenvalue weighted by molar-refractivity contribution is 5.39. The quantitative estimate of drug-likeness (QED) is 0.658. The highest BCUT2D eigenvalue weighted by Crippen LogP contribution is 2.23. The van der Waals surface area contributed by atoms with Crippen LogP contribution in [0.2, 0.25) is 0 Å². The summed E-state index contributed by atoms with van der Waals surface area (Å²) in [7, 11) is 1.91. The van der Waals surface area contributed by atoms with Gasteiger partial charge in [0, 0.05) is 19.1 Å². The molecule has 29 heavy (non-hydrogen) atoms. The summed E-state index contributed by atoms with van der Waals surface area (Å²) in [6, 6.07) is 19.5. The third kappa shape index (κ3) is 9.74. The summed E-state index contributed by atoms with van der Waals surface area (Å²) in [6.07, 6.45) is 5.50. The molecule has 0 radical (unpaired) electrons. The highest BCUT2D eigenvalue weighted by atomic mass is 14.9. The van der Waals surface area contributed by atoms with Gasteiger partial charge in [-0.3, -0.25) is 0 Å². The van der Waals surface area contributed by atoms with Gasteiger partial charge in [0.05, 0.1) is 11.6 Å². The lowest BCUT2D eigenvalue weighted by molar-refractivity contribution is 0.306. The lowest BCUT2D eigenvalue weighted by Crippen LogP contribution is -2.32. The monoisotopic (exact) mass is 393 g/mol. The van der Waals surface area contributed by atoms with Crippen LogP contribution in [-0.4, -0.2) is 13.1 Å². The molecule has 0 atom stereocenters. The first kappa shape index (κ1) is 24.9. The Morgan fingerprint density at radius 2 is 1.59 bits per heavy atom. The fourth-order valence-electron chi connectivity index (χ4n) is 3.49. The van der Waals surface area contributed by atoms with Gasteiger partial charge in [0.15, 0.2) is 0 Å². The first-order valence-corrected chi connectivity index (χ1v) is 11.0. The van der Waals surface area contributed by atoms with E-state index in [2.05, 4.69) is 54.0 Å². The van der Waals surface area contributed by atoms with E-state index in [-0.39, 0.29) is 0 Å². The van der Waals surface area contributed by atoms with Crippen molar-refractivity contribution in [1.29, 1.82) is 5.26 Å². The summed E-state index contributed by atoms with van der Waals surface area (Å²) in [5.74, 6) is 0.944. The Bertz CT molecular complexity index is 710. The summed E-state index contributed by atoms with van der Waals surface area (Å²) < 4.78 is 0. The number of aryl methyl sites for hydroxylation is 1. The Hall–Kier alpha value is -2.15. The van der Waals surface area contributed by atoms with Gasteiger partial charge in [0.2, 0.25) is 0 Å². The zero-order valence-electron chi connectivity index (χ0n) is 19.0. The van der Waals surface area contributed by atoms with Crippen LogP contribution in [0.15, 0.2) is 48.5 Å². The lowest BCUT2D eigenvalue weighted by Gasteiger charge is -2.27. The molecule has 3 nitrogen and oxygen atoms in total. The van der Waals surface area contributed by atoms with Crippen molar-refractivity contribution in [3.05, 3.63) is 70.8 Å². The molecule has 0 unspecified atom stereocenters. The van der Waals surface area contributed by atoms with Crippen LogP contribution in [-0.2, 0) is 13.1 Å². The van der Waals surface area contributed by atoms with Crippen molar-refractivity contribution in [3.63, 3.8) is 0 Å². The minimum atomic E-state index is 0.751. The number of rotatable bonds is 5. The largest absolute Gasteiger partial charge is 0.316 e. The molecule has 1 fully saturated rings. The van der Waals surface area contributed by atoms with Crippen LogP contribution in [0, 0.1) is 24.2 Å². The molecule has 1 aliphatic carbocycles. The lowest BCUT2D eigenvalue weighted by atomic mass is 9.87. The molecule has 0 bridgehead atoms. The molecular formula is C26H39N3. The molecule has 1 aliphatic rings. The zero-order valence-corrected chi connectivity index (χ0v) is 19.0. The van der Waals surface area contributed by atoms with Gasteiger partial charge in [0.25, 0.3) is 0 Å². The van der Waals surface area contributed by atoms with E-state index in [1.807, 2.05) is 46.0 Å². The van der Waals surface area contributed by atoms with Crippen LogP contribution in [0.1, 0.15) is 68.7 Å². The second-order valence-corrected chi connectivity index (χ2v) is 7.61. The van der Waals surface area contributed by atoms with Gasteiger partial charge in [-0.2, -0.15) is 5.26 Å². The number of nitrogens with one attached hydrogen (secondary N) is 2. The first-order chi connectivity index (χ1) is 14.1. The maximum atomic E-state index is 8.67. The molecule has 0 spiro atoms. The van der Waals surface area contributed by atoms with E-state index in [0.717, 1.165) is 36.2 Å². The standard InChI is InChI=1S/C14H21N.C10H12N2.C2H6/c1-12-7-9-14(10-8-12)15-11-13-5-3-2-4-6-13;1-8-5-9(7-12-2)3-4-10(8)6-11;1-2/h2-6,12,14-15H,7-11H2,1H3;3-5,12H,7H2,1-2H3;1-2H3. The molecule has 0 aliphatic heterocycles. The second kappa shape index (κ2) is 14.8. The number of hydrogen-bond acceptors (Lipinski definition) is 3. The molecule has 2 aromatic carbocycles. The smallest absolute Gasteiger partial charge is 0.0994 e. The van der Waals surface area contributed by atoms with Crippen molar-refractivity contribution >= 4 is 0 Å². The number of hydrogen-bond donors (Lipinski definition) is 2. The molecule has 2 aromatic rings. The minimum Gasteiger partial charge on any atom is -0.316 e. The van der Waals surface area contributed by atoms with Crippen LogP contribution in [0.4, 0.5) is 0 Å². The Balaban J connectivity index is 0.000000273. The number of nitrogens with zero attached hydrogens (tertiary/aromatic N) is 1. The van der Waals surface area contributed by atoms with E-state index >= 15 is 0 Å². The van der Waals surface area contributed by atoms with Crippen LogP contribution in [0.3, 0.4) is 0 Å². The summed E-state index contributed by atoms with van der Waals surface area (Å²) in [5.41, 5.74) is 4.42. The van der Waals surface area contributed by atoms with E-state index in [9.17, 15) is 0 Å². The normalized spacial score (nSPS) is 17.8. The van der Waals surface area contributed by atoms with Crippen LogP contribution in [0.25, 0.3) is 0 Å². The van der Waals surface area contributed by atoms with E-state index in [4.69, 9.17) is 5.26 Å². The SMILES string of the molecule is CC.CC1CCC(NCc2ccccc2)CC1.CNCc1ccc(C#N)c(C)c1. The Morgan fingerprint density at radius 3 is 2.14 bits per heavy atom. The minimum absolute atomic E-state index is 0.751. The van der Waals surface area contributed by atoms with Crippen molar-refractivity contribution in [2.45, 2.75) is 72.5 Å². The van der Waals surface area contributed by atoms with Crippen molar-refractivity contribution in [2.75, 3.05) is 7.05 Å². The molecule has 3 rings (SSSR count). The van der Waals surface area contributed by atoms with Gasteiger partial charge in [-0.05, 0) is 68.3 Å². The summed E-state index contributed by atoms with van der Waals surface area (Å²) >= 11 is 0. The topological polar surface area (TPSA) is 47.8 Å². The Morgan fingerprint density at radius 1 is 0.931 bits per heavy atom. The second-order valence-electron chi connectivity index (χ2n) is 7.61. The molecule has 0 amide bonds.